The first kappa shape index (κ1) is 26.6. The highest BCUT2D eigenvalue weighted by Crippen LogP contribution is 2.42. The second-order valence-electron chi connectivity index (χ2n) is 7.57. The van der Waals surface area contributed by atoms with E-state index in [1.807, 2.05) is 0 Å². The highest BCUT2D eigenvalue weighted by Gasteiger charge is 2.26. The average Bonchev–Trinajstić information content (AvgIpc) is 3.56. The second-order valence-corrected chi connectivity index (χ2v) is 8.52. The van der Waals surface area contributed by atoms with Crippen LogP contribution in [0.1, 0.15) is 10.6 Å². The van der Waals surface area contributed by atoms with Crippen LogP contribution in [0.5, 0.6) is 17.2 Å². The molecule has 4 N–H and O–H groups in total. The number of carbonyl (C=O) groups is 1. The molecule has 0 saturated carbocycles. The number of aliphatic hydroxyl groups excluding tert-OH is 1. The van der Waals surface area contributed by atoms with Crippen LogP contribution in [0.2, 0.25) is 0 Å². The highest BCUT2D eigenvalue weighted by atomic mass is 32.1. The van der Waals surface area contributed by atoms with Crippen LogP contribution in [0.15, 0.2) is 45.7 Å². The predicted molar refractivity (Wildman–Crippen MR) is 136 cm³/mol. The van der Waals surface area contributed by atoms with Crippen LogP contribution in [-0.4, -0.2) is 71.6 Å². The minimum Gasteiger partial charge on any atom is -0.496 e. The number of nitrogens with two attached hydrogens (primary N) is 1. The fraction of sp³-hybridized carbons (Fsp3) is 0.261. The summed E-state index contributed by atoms with van der Waals surface area (Å²) in [6.45, 7) is -0.459. The summed E-state index contributed by atoms with van der Waals surface area (Å²) >= 11 is 1.00. The van der Waals surface area contributed by atoms with Gasteiger partial charge in [-0.2, -0.15) is 9.78 Å². The number of ether oxygens (including phenoxy) is 4. The van der Waals surface area contributed by atoms with Crippen molar-refractivity contribution in [3.63, 3.8) is 0 Å². The Labute approximate surface area is 219 Å². The van der Waals surface area contributed by atoms with Gasteiger partial charge in [0.2, 0.25) is 16.0 Å². The molecule has 200 valence electrons. The summed E-state index contributed by atoms with van der Waals surface area (Å²) in [4.78, 5) is 26.2. The van der Waals surface area contributed by atoms with Crippen LogP contribution in [0.3, 0.4) is 0 Å². The maximum Gasteiger partial charge on any atom is 0.379 e. The van der Waals surface area contributed by atoms with Gasteiger partial charge in [-0.3, -0.25) is 10.1 Å². The molecule has 0 aliphatic heterocycles. The number of amides is 1. The number of carbonyl (C=O) groups excluding carboxylic acids is 1. The van der Waals surface area contributed by atoms with E-state index in [1.54, 1.807) is 24.3 Å². The molecular formula is C23H24N6O8S. The lowest BCUT2D eigenvalue weighted by molar-refractivity contribution is 0.0393. The van der Waals surface area contributed by atoms with Gasteiger partial charge in [-0.25, -0.2) is 4.79 Å². The molecule has 1 aromatic carbocycles. The van der Waals surface area contributed by atoms with Crippen molar-refractivity contribution < 1.29 is 33.3 Å². The molecule has 0 bridgehead atoms. The molecule has 4 aromatic rings. The zero-order chi connectivity index (χ0) is 27.2. The van der Waals surface area contributed by atoms with Gasteiger partial charge in [-0.15, -0.1) is 10.2 Å². The lowest BCUT2D eigenvalue weighted by Gasteiger charge is -2.20. The smallest absolute Gasteiger partial charge is 0.379 e. The van der Waals surface area contributed by atoms with Crippen molar-refractivity contribution in [1.29, 1.82) is 0 Å². The summed E-state index contributed by atoms with van der Waals surface area (Å²) in [5, 5.41) is 24.6. The van der Waals surface area contributed by atoms with Crippen LogP contribution in [0, 0.1) is 0 Å². The number of benzene rings is 1. The number of nitrogen functional groups attached to an aromatic ring is 1. The van der Waals surface area contributed by atoms with Gasteiger partial charge in [0.15, 0.2) is 5.76 Å². The van der Waals surface area contributed by atoms with Crippen molar-refractivity contribution >= 4 is 28.2 Å². The first-order chi connectivity index (χ1) is 18.4. The van der Waals surface area contributed by atoms with Crippen LogP contribution in [-0.2, 0) is 4.74 Å². The van der Waals surface area contributed by atoms with Gasteiger partial charge in [0.25, 0.3) is 5.91 Å². The van der Waals surface area contributed by atoms with Gasteiger partial charge in [0.05, 0.1) is 39.2 Å². The summed E-state index contributed by atoms with van der Waals surface area (Å²) in [5.74, 6) is -0.394. The van der Waals surface area contributed by atoms with E-state index in [4.69, 9.17) is 29.1 Å². The Morgan fingerprint density at radius 1 is 1.21 bits per heavy atom. The van der Waals surface area contributed by atoms with E-state index in [-0.39, 0.29) is 28.8 Å². The zero-order valence-electron chi connectivity index (χ0n) is 20.5. The molecule has 0 saturated heterocycles. The summed E-state index contributed by atoms with van der Waals surface area (Å²) in [7, 11) is 4.31. The molecule has 14 nitrogen and oxygen atoms in total. The Morgan fingerprint density at radius 3 is 2.55 bits per heavy atom. The molecule has 1 atom stereocenters. The molecule has 0 aliphatic carbocycles. The van der Waals surface area contributed by atoms with E-state index in [2.05, 4.69) is 20.6 Å². The van der Waals surface area contributed by atoms with Crippen molar-refractivity contribution in [1.82, 2.24) is 20.0 Å². The van der Waals surface area contributed by atoms with Gasteiger partial charge in [-0.05, 0) is 18.2 Å². The molecule has 0 spiro atoms. The lowest BCUT2D eigenvalue weighted by Crippen LogP contribution is -2.29. The Hall–Kier alpha value is -4.47. The van der Waals surface area contributed by atoms with Gasteiger partial charge < -0.3 is 34.2 Å². The molecule has 3 heterocycles. The number of nitrogens with one attached hydrogen (secondary N) is 1. The number of nitrogens with zero attached hydrogens (tertiary/aromatic N) is 4. The number of hydrogen-bond donors (Lipinski definition) is 3. The van der Waals surface area contributed by atoms with E-state index in [0.29, 0.717) is 28.0 Å². The highest BCUT2D eigenvalue weighted by molar-refractivity contribution is 7.17. The molecular weight excluding hydrogens is 520 g/mol. The summed E-state index contributed by atoms with van der Waals surface area (Å²) in [5.41, 5.74) is 5.33. The van der Waals surface area contributed by atoms with Crippen molar-refractivity contribution in [3.8, 4) is 33.5 Å². The van der Waals surface area contributed by atoms with Crippen molar-refractivity contribution in [2.24, 2.45) is 0 Å². The zero-order valence-corrected chi connectivity index (χ0v) is 21.4. The molecule has 38 heavy (non-hydrogen) atoms. The number of methoxy groups -OCH3 is 3. The third-order valence-electron chi connectivity index (χ3n) is 5.16. The molecule has 0 aliphatic rings. The quantitative estimate of drug-likeness (QED) is 0.248. The topological polar surface area (TPSA) is 186 Å². The van der Waals surface area contributed by atoms with E-state index in [9.17, 15) is 14.7 Å². The number of rotatable bonds is 11. The molecule has 0 radical (unpaired) electrons. The first-order valence-corrected chi connectivity index (χ1v) is 11.8. The minimum atomic E-state index is -0.975. The van der Waals surface area contributed by atoms with E-state index in [1.165, 1.54) is 38.3 Å². The molecule has 0 fully saturated rings. The Bertz CT molecular complexity index is 1460. The van der Waals surface area contributed by atoms with E-state index in [0.717, 1.165) is 11.3 Å². The Kier molecular flexibility index (Phi) is 8.20. The maximum atomic E-state index is 13.1. The molecule has 15 heteroatoms. The predicted octanol–water partition coefficient (Wildman–Crippen LogP) is 1.58. The number of hydrogen-bond acceptors (Lipinski definition) is 13. The van der Waals surface area contributed by atoms with Crippen LogP contribution < -0.4 is 30.9 Å². The van der Waals surface area contributed by atoms with Crippen molar-refractivity contribution in [3.05, 3.63) is 52.7 Å². The van der Waals surface area contributed by atoms with Crippen LogP contribution in [0.25, 0.3) is 16.3 Å². The maximum absolute atomic E-state index is 13.1. The summed E-state index contributed by atoms with van der Waals surface area (Å²) in [6, 6.07) is 7.89. The minimum absolute atomic E-state index is 0.0131. The lowest BCUT2D eigenvalue weighted by atomic mass is 10.0. The largest absolute Gasteiger partial charge is 0.496 e. The monoisotopic (exact) mass is 544 g/mol. The van der Waals surface area contributed by atoms with Crippen LogP contribution >= 0.6 is 11.3 Å². The van der Waals surface area contributed by atoms with Crippen molar-refractivity contribution in [2.45, 2.75) is 6.10 Å². The standard InChI is InChI=1S/C23H24N6O8S/c1-33-11-12(10-30)36-19-13(18-14(34-2)5-4-6-15(18)35-3)9-16(37-21(19)32)20(31)26-22-27-28-23(38-22)29-17(24)7-8-25-29/h4-9,12,30H,10-11,24H2,1-3H3,(H,26,27,31). The van der Waals surface area contributed by atoms with Gasteiger partial charge >= 0.3 is 5.63 Å². The SMILES string of the molecule is COCC(CO)Oc1c(-c2c(OC)cccc2OC)cc(C(=O)Nc2nnc(-n3nccc3N)s2)oc1=O. The average molecular weight is 545 g/mol. The third-order valence-corrected chi connectivity index (χ3v) is 5.97. The number of aliphatic hydroxyl groups is 1. The van der Waals surface area contributed by atoms with E-state index < -0.39 is 24.2 Å². The number of anilines is 2. The van der Waals surface area contributed by atoms with E-state index >= 15 is 0 Å². The number of aromatic nitrogens is 4. The summed E-state index contributed by atoms with van der Waals surface area (Å²) in [6.07, 6.45) is 0.603. The fourth-order valence-corrected chi connectivity index (χ4v) is 4.19. The van der Waals surface area contributed by atoms with Crippen molar-refractivity contribution in [2.75, 3.05) is 45.6 Å². The van der Waals surface area contributed by atoms with Gasteiger partial charge in [0, 0.05) is 18.7 Å². The first-order valence-electron chi connectivity index (χ1n) is 11.0. The Balaban J connectivity index is 1.76. The fourth-order valence-electron chi connectivity index (χ4n) is 3.47. The summed E-state index contributed by atoms with van der Waals surface area (Å²) < 4.78 is 28.4. The van der Waals surface area contributed by atoms with Gasteiger partial charge in [-0.1, -0.05) is 17.4 Å². The normalized spacial score (nSPS) is 11.7. The molecule has 4 rings (SSSR count). The third kappa shape index (κ3) is 5.44. The second kappa shape index (κ2) is 11.7. The molecule has 1 amide bonds. The molecule has 1 unspecified atom stereocenters. The molecule has 3 aromatic heterocycles. The van der Waals surface area contributed by atoms with Crippen LogP contribution in [0.4, 0.5) is 10.9 Å². The Morgan fingerprint density at radius 2 is 1.95 bits per heavy atom. The van der Waals surface area contributed by atoms with Gasteiger partial charge in [0.1, 0.15) is 23.4 Å².